The lowest BCUT2D eigenvalue weighted by molar-refractivity contribution is 0.0490. The third kappa shape index (κ3) is 17.2. The van der Waals surface area contributed by atoms with Gasteiger partial charge in [0, 0.05) is 38.8 Å². The van der Waals surface area contributed by atoms with Crippen molar-refractivity contribution in [2.24, 2.45) is 11.8 Å². The van der Waals surface area contributed by atoms with Crippen molar-refractivity contribution in [3.63, 3.8) is 0 Å². The van der Waals surface area contributed by atoms with Gasteiger partial charge in [-0.15, -0.1) is 0 Å². The summed E-state index contributed by atoms with van der Waals surface area (Å²) in [5.74, 6) is 0.401. The summed E-state index contributed by atoms with van der Waals surface area (Å²) >= 11 is 0. The van der Waals surface area contributed by atoms with E-state index >= 15 is 0 Å². The molecule has 0 fully saturated rings. The van der Waals surface area contributed by atoms with Gasteiger partial charge in [-0.3, -0.25) is 0 Å². The van der Waals surface area contributed by atoms with E-state index < -0.39 is 17.7 Å². The van der Waals surface area contributed by atoms with Gasteiger partial charge in [-0.1, -0.05) is 27.7 Å². The van der Waals surface area contributed by atoms with Gasteiger partial charge in [0.25, 0.3) is 0 Å². The van der Waals surface area contributed by atoms with Crippen molar-refractivity contribution in [3.8, 4) is 0 Å². The number of urea groups is 3. The highest BCUT2D eigenvalue weighted by molar-refractivity contribution is 5.76. The molecule has 12 heteroatoms. The molecule has 0 saturated heterocycles. The Labute approximate surface area is 209 Å². The molecule has 204 valence electrons. The van der Waals surface area contributed by atoms with Crippen molar-refractivity contribution in [1.29, 1.82) is 0 Å². The molecule has 7 N–H and O–H groups in total. The molecule has 0 rings (SSSR count). The molecule has 0 saturated carbocycles. The molecule has 0 aromatic heterocycles. The van der Waals surface area contributed by atoms with Gasteiger partial charge in [0.1, 0.15) is 5.60 Å². The van der Waals surface area contributed by atoms with Crippen molar-refractivity contribution in [3.05, 3.63) is 0 Å². The zero-order valence-corrected chi connectivity index (χ0v) is 22.8. The molecule has 0 bridgehead atoms. The monoisotopic (exact) mass is 501 g/mol. The van der Waals surface area contributed by atoms with E-state index in [2.05, 4.69) is 37.2 Å². The van der Waals surface area contributed by atoms with Crippen LogP contribution in [0.2, 0.25) is 0 Å². The number of carbonyl (C=O) groups excluding carboxylic acids is 4. The predicted molar refractivity (Wildman–Crippen MR) is 136 cm³/mol. The molecule has 7 amide bonds. The van der Waals surface area contributed by atoms with E-state index in [0.717, 1.165) is 0 Å². The molecular weight excluding hydrogens is 454 g/mol. The van der Waals surface area contributed by atoms with E-state index in [4.69, 9.17) is 4.74 Å². The fourth-order valence-electron chi connectivity index (χ4n) is 2.99. The van der Waals surface area contributed by atoms with Crippen LogP contribution in [0, 0.1) is 11.8 Å². The highest BCUT2D eigenvalue weighted by Crippen LogP contribution is 2.08. The van der Waals surface area contributed by atoms with Crippen molar-refractivity contribution in [2.45, 2.75) is 85.5 Å². The minimum Gasteiger partial charge on any atom is -0.444 e. The second-order valence-corrected chi connectivity index (χ2v) is 10.4. The smallest absolute Gasteiger partial charge is 0.407 e. The van der Waals surface area contributed by atoms with Crippen LogP contribution in [-0.2, 0) is 4.74 Å². The summed E-state index contributed by atoms with van der Waals surface area (Å²) in [4.78, 5) is 48.0. The van der Waals surface area contributed by atoms with E-state index in [1.807, 2.05) is 27.7 Å². The largest absolute Gasteiger partial charge is 0.444 e. The summed E-state index contributed by atoms with van der Waals surface area (Å²) in [6, 6.07) is -2.00. The first-order valence-corrected chi connectivity index (χ1v) is 12.2. The molecule has 0 aromatic rings. The van der Waals surface area contributed by atoms with Crippen LogP contribution < -0.4 is 37.2 Å². The zero-order chi connectivity index (χ0) is 27.2. The first kappa shape index (κ1) is 32.1. The third-order valence-electron chi connectivity index (χ3n) is 4.76. The molecule has 0 aliphatic heterocycles. The highest BCUT2D eigenvalue weighted by Gasteiger charge is 2.22. The first-order valence-electron chi connectivity index (χ1n) is 12.2. The molecule has 0 radical (unpaired) electrons. The maximum absolute atomic E-state index is 12.3. The number of nitrogens with one attached hydrogen (secondary N) is 7. The Hall–Kier alpha value is -2.92. The van der Waals surface area contributed by atoms with Gasteiger partial charge in [0.15, 0.2) is 0 Å². The number of carbonyl (C=O) groups is 4. The van der Waals surface area contributed by atoms with Crippen LogP contribution in [0.1, 0.15) is 61.8 Å². The molecule has 0 aliphatic rings. The number of hydrogen-bond acceptors (Lipinski definition) is 5. The van der Waals surface area contributed by atoms with E-state index in [1.54, 1.807) is 27.7 Å². The molecular formula is C23H47N7O5. The highest BCUT2D eigenvalue weighted by atomic mass is 16.6. The molecule has 3 atom stereocenters. The lowest BCUT2D eigenvalue weighted by Crippen LogP contribution is -2.53. The summed E-state index contributed by atoms with van der Waals surface area (Å²) in [7, 11) is 1.53. The standard InChI is InChI=1S/C23H47N7O5/c1-14(2)10-17(12-26-19(31)24-9)29-21(33)25-11-16(5)28-20(32)27-13-18(15(3)4)30-22(34)35-23(6,7)8/h14-18H,10-13H2,1-9H3,(H,30,34)(H2,24,26,31)(H2,25,29,33)(H2,27,28,32)/t16-,17-,18+/m0/s1. The molecule has 0 aromatic carbocycles. The Morgan fingerprint density at radius 1 is 0.743 bits per heavy atom. The Morgan fingerprint density at radius 3 is 1.80 bits per heavy atom. The van der Waals surface area contributed by atoms with Gasteiger partial charge in [-0.25, -0.2) is 19.2 Å². The summed E-state index contributed by atoms with van der Waals surface area (Å²) in [6.07, 6.45) is 0.158. The Balaban J connectivity index is 4.50. The maximum atomic E-state index is 12.3. The Kier molecular flexibility index (Phi) is 14.6. The van der Waals surface area contributed by atoms with Crippen LogP contribution >= 0.6 is 0 Å². The molecule has 35 heavy (non-hydrogen) atoms. The van der Waals surface area contributed by atoms with Crippen LogP contribution in [0.15, 0.2) is 0 Å². The van der Waals surface area contributed by atoms with E-state index in [1.165, 1.54) is 7.05 Å². The minimum atomic E-state index is -0.611. The quantitative estimate of drug-likeness (QED) is 0.217. The fraction of sp³-hybridized carbons (Fsp3) is 0.826. The lowest BCUT2D eigenvalue weighted by Gasteiger charge is -2.26. The molecule has 0 aliphatic carbocycles. The summed E-state index contributed by atoms with van der Waals surface area (Å²) in [6.45, 7) is 15.8. The lowest BCUT2D eigenvalue weighted by atomic mass is 10.0. The van der Waals surface area contributed by atoms with E-state index in [-0.39, 0.29) is 49.2 Å². The van der Waals surface area contributed by atoms with Crippen molar-refractivity contribution in [1.82, 2.24) is 37.2 Å². The van der Waals surface area contributed by atoms with Gasteiger partial charge in [-0.05, 0) is 46.0 Å². The van der Waals surface area contributed by atoms with Crippen molar-refractivity contribution >= 4 is 24.2 Å². The maximum Gasteiger partial charge on any atom is 0.407 e. The SMILES string of the molecule is CNC(=O)NC[C@H](CC(C)C)NC(=O)NC[C@H](C)NC(=O)NC[C@@H](NC(=O)OC(C)(C)C)C(C)C. The molecule has 12 nitrogen and oxygen atoms in total. The zero-order valence-electron chi connectivity index (χ0n) is 22.8. The molecule has 0 spiro atoms. The number of hydrogen-bond donors (Lipinski definition) is 7. The van der Waals surface area contributed by atoms with Crippen LogP contribution in [-0.4, -0.2) is 74.6 Å². The molecule has 0 heterocycles. The van der Waals surface area contributed by atoms with Crippen LogP contribution in [0.5, 0.6) is 0 Å². The van der Waals surface area contributed by atoms with Gasteiger partial charge in [-0.2, -0.15) is 0 Å². The summed E-state index contributed by atoms with van der Waals surface area (Å²) in [5.41, 5.74) is -0.611. The Morgan fingerprint density at radius 2 is 1.29 bits per heavy atom. The summed E-state index contributed by atoms with van der Waals surface area (Å²) in [5, 5.41) is 19.0. The topological polar surface area (TPSA) is 162 Å². The second-order valence-electron chi connectivity index (χ2n) is 10.4. The average molecular weight is 502 g/mol. The van der Waals surface area contributed by atoms with Gasteiger partial charge in [0.2, 0.25) is 0 Å². The fourth-order valence-corrected chi connectivity index (χ4v) is 2.99. The first-order chi connectivity index (χ1) is 16.1. The van der Waals surface area contributed by atoms with Crippen LogP contribution in [0.25, 0.3) is 0 Å². The molecule has 0 unspecified atom stereocenters. The number of amides is 7. The van der Waals surface area contributed by atoms with E-state index in [0.29, 0.717) is 18.9 Å². The third-order valence-corrected chi connectivity index (χ3v) is 4.76. The van der Waals surface area contributed by atoms with Gasteiger partial charge in [0.05, 0.1) is 6.04 Å². The average Bonchev–Trinajstić information content (AvgIpc) is 2.71. The van der Waals surface area contributed by atoms with Gasteiger partial charge < -0.3 is 42.0 Å². The summed E-state index contributed by atoms with van der Waals surface area (Å²) < 4.78 is 5.28. The minimum absolute atomic E-state index is 0.0716. The normalized spacial score (nSPS) is 13.8. The number of ether oxygens (including phenoxy) is 1. The van der Waals surface area contributed by atoms with Crippen molar-refractivity contribution in [2.75, 3.05) is 26.7 Å². The van der Waals surface area contributed by atoms with Gasteiger partial charge >= 0.3 is 24.2 Å². The van der Waals surface area contributed by atoms with E-state index in [9.17, 15) is 19.2 Å². The predicted octanol–water partition coefficient (Wildman–Crippen LogP) is 1.87. The number of rotatable bonds is 12. The van der Waals surface area contributed by atoms with Crippen LogP contribution in [0.3, 0.4) is 0 Å². The second kappa shape index (κ2) is 15.9. The Bertz CT molecular complexity index is 680. The number of alkyl carbamates (subject to hydrolysis) is 1. The van der Waals surface area contributed by atoms with Crippen molar-refractivity contribution < 1.29 is 23.9 Å². The van der Waals surface area contributed by atoms with Crippen LogP contribution in [0.4, 0.5) is 19.2 Å².